The minimum atomic E-state index is -1.33. The number of fused-ring (bicyclic) bond motifs is 1. The van der Waals surface area contributed by atoms with Crippen molar-refractivity contribution in [2.75, 3.05) is 13.2 Å². The highest BCUT2D eigenvalue weighted by molar-refractivity contribution is 7.84. The maximum atomic E-state index is 12.4. The van der Waals surface area contributed by atoms with E-state index in [2.05, 4.69) is 0 Å². The van der Waals surface area contributed by atoms with E-state index in [0.717, 1.165) is 11.3 Å². The molecule has 21 heavy (non-hydrogen) atoms. The molecule has 1 aromatic heterocycles. The van der Waals surface area contributed by atoms with Gasteiger partial charge in [0.25, 0.3) is 0 Å². The number of carbonyl (C=O) groups is 1. The van der Waals surface area contributed by atoms with Crippen LogP contribution >= 0.6 is 11.3 Å². The minimum absolute atomic E-state index is 0.171. The Labute approximate surface area is 127 Å². The van der Waals surface area contributed by atoms with Gasteiger partial charge in [-0.15, -0.1) is 11.3 Å². The fraction of sp³-hybridized carbons (Fsp3) is 0.214. The summed E-state index contributed by atoms with van der Waals surface area (Å²) in [7, 11) is -1.33. The van der Waals surface area contributed by atoms with Crippen LogP contribution in [0.4, 0.5) is 0 Å². The number of hydrogen-bond acceptors (Lipinski definition) is 5. The lowest BCUT2D eigenvalue weighted by Crippen LogP contribution is -2.15. The van der Waals surface area contributed by atoms with Crippen molar-refractivity contribution in [2.45, 2.75) is 10.6 Å². The fourth-order valence-electron chi connectivity index (χ4n) is 2.03. The number of thiophene rings is 1. The van der Waals surface area contributed by atoms with Gasteiger partial charge in [0.1, 0.15) is 18.1 Å². The van der Waals surface area contributed by atoms with Crippen molar-refractivity contribution in [3.8, 4) is 11.5 Å². The molecule has 110 valence electrons. The van der Waals surface area contributed by atoms with E-state index in [0.29, 0.717) is 35.2 Å². The second-order valence-corrected chi connectivity index (χ2v) is 6.74. The Hall–Kier alpha value is -1.86. The van der Waals surface area contributed by atoms with Crippen LogP contribution in [-0.4, -0.2) is 28.5 Å². The second kappa shape index (κ2) is 5.87. The molecule has 0 aliphatic carbocycles. The van der Waals surface area contributed by atoms with E-state index in [1.807, 2.05) is 0 Å². The molecule has 1 aliphatic rings. The highest BCUT2D eigenvalue weighted by Crippen LogP contribution is 2.32. The van der Waals surface area contributed by atoms with Crippen molar-refractivity contribution in [3.05, 3.63) is 40.1 Å². The molecule has 0 spiro atoms. The zero-order chi connectivity index (χ0) is 14.8. The van der Waals surface area contributed by atoms with Gasteiger partial charge in [-0.05, 0) is 29.1 Å². The van der Waals surface area contributed by atoms with Crippen molar-refractivity contribution in [1.29, 1.82) is 0 Å². The van der Waals surface area contributed by atoms with Crippen molar-refractivity contribution < 1.29 is 23.6 Å². The first-order valence-electron chi connectivity index (χ1n) is 6.23. The SMILES string of the molecule is O=C(O)c1sccc1CS(=O)c1ccc2c(c1)OCCO2. The Morgan fingerprint density at radius 3 is 2.76 bits per heavy atom. The maximum absolute atomic E-state index is 12.4. The van der Waals surface area contributed by atoms with Gasteiger partial charge in [-0.25, -0.2) is 4.79 Å². The molecule has 0 saturated heterocycles. The molecule has 2 aromatic rings. The zero-order valence-corrected chi connectivity index (χ0v) is 12.5. The summed E-state index contributed by atoms with van der Waals surface area (Å²) in [6.07, 6.45) is 0. The van der Waals surface area contributed by atoms with Crippen LogP contribution in [0.5, 0.6) is 11.5 Å². The first-order chi connectivity index (χ1) is 10.1. The second-order valence-electron chi connectivity index (χ2n) is 4.38. The number of hydrogen-bond donors (Lipinski definition) is 1. The average molecular weight is 324 g/mol. The van der Waals surface area contributed by atoms with Gasteiger partial charge in [0, 0.05) is 11.0 Å². The standard InChI is InChI=1S/C14H12O5S2/c15-14(16)13-9(3-6-20-13)8-21(17)10-1-2-11-12(7-10)19-5-4-18-11/h1-3,6-7H,4-5,8H2,(H,15,16). The molecular formula is C14H12O5S2. The third-order valence-corrected chi connectivity index (χ3v) is 5.30. The quantitative estimate of drug-likeness (QED) is 0.935. The summed E-state index contributed by atoms with van der Waals surface area (Å²) in [5, 5.41) is 10.8. The molecule has 0 saturated carbocycles. The highest BCUT2D eigenvalue weighted by Gasteiger charge is 2.17. The Balaban J connectivity index is 1.82. The lowest BCUT2D eigenvalue weighted by molar-refractivity contribution is 0.0701. The van der Waals surface area contributed by atoms with Gasteiger partial charge in [0.2, 0.25) is 0 Å². The Morgan fingerprint density at radius 2 is 2.00 bits per heavy atom. The van der Waals surface area contributed by atoms with Crippen LogP contribution < -0.4 is 9.47 Å². The van der Waals surface area contributed by atoms with Gasteiger partial charge >= 0.3 is 5.97 Å². The number of rotatable bonds is 4. The Kier molecular flexibility index (Phi) is 3.94. The smallest absolute Gasteiger partial charge is 0.346 e. The molecule has 2 heterocycles. The van der Waals surface area contributed by atoms with Crippen molar-refractivity contribution >= 4 is 28.1 Å². The Morgan fingerprint density at radius 1 is 1.24 bits per heavy atom. The third kappa shape index (κ3) is 2.93. The van der Waals surface area contributed by atoms with E-state index >= 15 is 0 Å². The largest absolute Gasteiger partial charge is 0.486 e. The molecule has 1 N–H and O–H groups in total. The van der Waals surface area contributed by atoms with Crippen molar-refractivity contribution in [2.24, 2.45) is 0 Å². The lowest BCUT2D eigenvalue weighted by Gasteiger charge is -2.18. The molecule has 0 radical (unpaired) electrons. The van der Waals surface area contributed by atoms with Gasteiger partial charge in [0.15, 0.2) is 11.5 Å². The van der Waals surface area contributed by atoms with Crippen LogP contribution in [0, 0.1) is 0 Å². The molecule has 1 unspecified atom stereocenters. The highest BCUT2D eigenvalue weighted by atomic mass is 32.2. The van der Waals surface area contributed by atoms with Crippen LogP contribution in [0.2, 0.25) is 0 Å². The number of carboxylic acid groups (broad SMARTS) is 1. The predicted molar refractivity (Wildman–Crippen MR) is 78.8 cm³/mol. The van der Waals surface area contributed by atoms with E-state index in [1.165, 1.54) is 0 Å². The van der Waals surface area contributed by atoms with Crippen LogP contribution in [0.1, 0.15) is 15.2 Å². The summed E-state index contributed by atoms with van der Waals surface area (Å²) >= 11 is 1.14. The van der Waals surface area contributed by atoms with Gasteiger partial charge in [-0.3, -0.25) is 4.21 Å². The maximum Gasteiger partial charge on any atom is 0.346 e. The predicted octanol–water partition coefficient (Wildman–Crippen LogP) is 2.53. The monoisotopic (exact) mass is 324 g/mol. The topological polar surface area (TPSA) is 72.8 Å². The van der Waals surface area contributed by atoms with E-state index in [4.69, 9.17) is 14.6 Å². The number of ether oxygens (including phenoxy) is 2. The van der Waals surface area contributed by atoms with E-state index in [-0.39, 0.29) is 10.6 Å². The summed E-state index contributed by atoms with van der Waals surface area (Å²) in [6.45, 7) is 0.975. The minimum Gasteiger partial charge on any atom is -0.486 e. The zero-order valence-electron chi connectivity index (χ0n) is 10.9. The molecule has 1 aliphatic heterocycles. The van der Waals surface area contributed by atoms with Crippen LogP contribution in [0.25, 0.3) is 0 Å². The molecule has 3 rings (SSSR count). The van der Waals surface area contributed by atoms with E-state index in [1.54, 1.807) is 29.6 Å². The summed E-state index contributed by atoms with van der Waals surface area (Å²) in [5.74, 6) is 0.406. The first kappa shape index (κ1) is 14.1. The molecule has 0 amide bonds. The van der Waals surface area contributed by atoms with Crippen molar-refractivity contribution in [1.82, 2.24) is 0 Å². The van der Waals surface area contributed by atoms with E-state index < -0.39 is 16.8 Å². The first-order valence-corrected chi connectivity index (χ1v) is 8.42. The fourth-order valence-corrected chi connectivity index (χ4v) is 4.03. The molecule has 0 bridgehead atoms. The van der Waals surface area contributed by atoms with Gasteiger partial charge in [0.05, 0.1) is 16.6 Å². The average Bonchev–Trinajstić information content (AvgIpc) is 2.95. The Bertz CT molecular complexity index is 707. The number of benzene rings is 1. The van der Waals surface area contributed by atoms with E-state index in [9.17, 15) is 9.00 Å². The summed E-state index contributed by atoms with van der Waals surface area (Å²) < 4.78 is 23.3. The molecule has 1 atom stereocenters. The molecule has 1 aromatic carbocycles. The van der Waals surface area contributed by atoms with Gasteiger partial charge in [-0.1, -0.05) is 0 Å². The van der Waals surface area contributed by atoms with Gasteiger partial charge < -0.3 is 14.6 Å². The summed E-state index contributed by atoms with van der Waals surface area (Å²) in [4.78, 5) is 11.9. The van der Waals surface area contributed by atoms with Crippen LogP contribution in [0.15, 0.2) is 34.5 Å². The van der Waals surface area contributed by atoms with Crippen LogP contribution in [-0.2, 0) is 16.6 Å². The van der Waals surface area contributed by atoms with Gasteiger partial charge in [-0.2, -0.15) is 0 Å². The third-order valence-electron chi connectivity index (χ3n) is 3.00. The molecule has 0 fully saturated rings. The lowest BCUT2D eigenvalue weighted by atomic mass is 10.3. The summed E-state index contributed by atoms with van der Waals surface area (Å²) in [6, 6.07) is 6.84. The normalized spacial score (nSPS) is 14.7. The van der Waals surface area contributed by atoms with Crippen LogP contribution in [0.3, 0.4) is 0 Å². The number of aromatic carboxylic acids is 1. The summed E-state index contributed by atoms with van der Waals surface area (Å²) in [5.41, 5.74) is 0.584. The molecular weight excluding hydrogens is 312 g/mol. The molecule has 7 heteroatoms. The van der Waals surface area contributed by atoms with Crippen molar-refractivity contribution in [3.63, 3.8) is 0 Å². The number of carboxylic acids is 1. The molecule has 5 nitrogen and oxygen atoms in total.